The molecule has 0 radical (unpaired) electrons. The molecule has 0 spiro atoms. The van der Waals surface area contributed by atoms with Gasteiger partial charge >= 0.3 is 0 Å². The molecule has 1 amide bonds. The Hall–Kier alpha value is -2.79. The average molecular weight is 340 g/mol. The Morgan fingerprint density at radius 2 is 1.84 bits per heavy atom. The lowest BCUT2D eigenvalue weighted by Crippen LogP contribution is -2.27. The maximum Gasteiger partial charge on any atom is 0.238 e. The Morgan fingerprint density at radius 1 is 1.12 bits per heavy atom. The molecule has 0 saturated heterocycles. The zero-order valence-electron chi connectivity index (χ0n) is 14.7. The molecule has 0 aromatic heterocycles. The molecule has 0 fully saturated rings. The number of rotatable bonds is 9. The first kappa shape index (κ1) is 18.5. The maximum absolute atomic E-state index is 12.1. The fourth-order valence-electron chi connectivity index (χ4n) is 2.15. The maximum atomic E-state index is 12.1. The summed E-state index contributed by atoms with van der Waals surface area (Å²) in [5.74, 6) is 1.32. The highest BCUT2D eigenvalue weighted by Gasteiger charge is 2.07. The molecule has 0 aliphatic rings. The molecule has 25 heavy (non-hydrogen) atoms. The van der Waals surface area contributed by atoms with E-state index in [0.717, 1.165) is 16.9 Å². The quantitative estimate of drug-likeness (QED) is 0.687. The van der Waals surface area contributed by atoms with Crippen molar-refractivity contribution in [2.45, 2.75) is 13.5 Å². The lowest BCUT2D eigenvalue weighted by atomic mass is 10.2. The molecule has 2 aromatic rings. The molecule has 5 heteroatoms. The number of carbonyl (C=O) groups is 1. The Balaban J connectivity index is 1.82. The van der Waals surface area contributed by atoms with Gasteiger partial charge in [-0.3, -0.25) is 4.79 Å². The van der Waals surface area contributed by atoms with Gasteiger partial charge in [0.25, 0.3) is 0 Å². The number of ether oxygens (including phenoxy) is 2. The second kappa shape index (κ2) is 9.49. The van der Waals surface area contributed by atoms with Crippen LogP contribution in [0, 0.1) is 0 Å². The highest BCUT2D eigenvalue weighted by molar-refractivity contribution is 5.93. The fourth-order valence-corrected chi connectivity index (χ4v) is 2.15. The fraction of sp³-hybridized carbons (Fsp3) is 0.250. The van der Waals surface area contributed by atoms with Gasteiger partial charge in [0.15, 0.2) is 0 Å². The monoisotopic (exact) mass is 340 g/mol. The van der Waals surface area contributed by atoms with Crippen LogP contribution in [0.5, 0.6) is 11.5 Å². The summed E-state index contributed by atoms with van der Waals surface area (Å²) in [4.78, 5) is 12.1. The van der Waals surface area contributed by atoms with Crippen molar-refractivity contribution in [3.63, 3.8) is 0 Å². The second-order valence-electron chi connectivity index (χ2n) is 5.74. The number of hydrogen-bond acceptors (Lipinski definition) is 4. The molecule has 2 rings (SSSR count). The lowest BCUT2D eigenvalue weighted by Gasteiger charge is -2.13. The van der Waals surface area contributed by atoms with Gasteiger partial charge < -0.3 is 20.1 Å². The van der Waals surface area contributed by atoms with Gasteiger partial charge in [0.2, 0.25) is 5.91 Å². The molecule has 132 valence electrons. The van der Waals surface area contributed by atoms with Gasteiger partial charge in [0.1, 0.15) is 18.1 Å². The van der Waals surface area contributed by atoms with E-state index in [-0.39, 0.29) is 12.5 Å². The molecule has 0 unspecified atom stereocenters. The number of anilines is 1. The van der Waals surface area contributed by atoms with Crippen LogP contribution in [0.1, 0.15) is 12.5 Å². The standard InChI is InChI=1S/C20H24N2O3/c1-15(2)14-25-19-7-5-4-6-18(19)22-20(23)13-21-12-16-8-10-17(24-3)11-9-16/h4-11,21H,1,12-14H2,2-3H3,(H,22,23). The predicted octanol–water partition coefficient (Wildman–Crippen LogP) is 3.38. The van der Waals surface area contributed by atoms with Crippen molar-refractivity contribution in [1.82, 2.24) is 5.32 Å². The van der Waals surface area contributed by atoms with Crippen molar-refractivity contribution in [3.05, 3.63) is 66.2 Å². The van der Waals surface area contributed by atoms with E-state index in [4.69, 9.17) is 9.47 Å². The zero-order chi connectivity index (χ0) is 18.1. The van der Waals surface area contributed by atoms with Gasteiger partial charge in [0, 0.05) is 6.54 Å². The van der Waals surface area contributed by atoms with Crippen LogP contribution in [0.4, 0.5) is 5.69 Å². The Bertz CT molecular complexity index is 711. The SMILES string of the molecule is C=C(C)COc1ccccc1NC(=O)CNCc1ccc(OC)cc1. The second-order valence-corrected chi connectivity index (χ2v) is 5.74. The number of methoxy groups -OCH3 is 1. The number of nitrogens with one attached hydrogen (secondary N) is 2. The van der Waals surface area contributed by atoms with Crippen LogP contribution < -0.4 is 20.1 Å². The minimum absolute atomic E-state index is 0.125. The summed E-state index contributed by atoms with van der Waals surface area (Å²) in [6.45, 7) is 6.93. The third kappa shape index (κ3) is 6.31. The number of para-hydroxylation sites is 2. The van der Waals surface area contributed by atoms with E-state index in [1.165, 1.54) is 0 Å². The molecular formula is C20H24N2O3. The van der Waals surface area contributed by atoms with Crippen molar-refractivity contribution in [2.24, 2.45) is 0 Å². The first-order valence-electron chi connectivity index (χ1n) is 8.08. The summed E-state index contributed by atoms with van der Waals surface area (Å²) in [6, 6.07) is 15.1. The number of carbonyl (C=O) groups excluding carboxylic acids is 1. The van der Waals surface area contributed by atoms with Crippen LogP contribution in [0.2, 0.25) is 0 Å². The number of amides is 1. The van der Waals surface area contributed by atoms with E-state index >= 15 is 0 Å². The molecule has 5 nitrogen and oxygen atoms in total. The van der Waals surface area contributed by atoms with Gasteiger partial charge in [-0.25, -0.2) is 0 Å². The lowest BCUT2D eigenvalue weighted by molar-refractivity contribution is -0.115. The summed E-state index contributed by atoms with van der Waals surface area (Å²) in [5, 5.41) is 5.98. The largest absolute Gasteiger partial charge is 0.497 e. The summed E-state index contributed by atoms with van der Waals surface area (Å²) in [6.07, 6.45) is 0. The van der Waals surface area contributed by atoms with E-state index in [2.05, 4.69) is 17.2 Å². The molecule has 0 saturated carbocycles. The van der Waals surface area contributed by atoms with Crippen LogP contribution in [0.3, 0.4) is 0 Å². The molecule has 0 atom stereocenters. The summed E-state index contributed by atoms with van der Waals surface area (Å²) >= 11 is 0. The van der Waals surface area contributed by atoms with Crippen LogP contribution in [-0.2, 0) is 11.3 Å². The van der Waals surface area contributed by atoms with Crippen molar-refractivity contribution >= 4 is 11.6 Å². The van der Waals surface area contributed by atoms with Crippen LogP contribution in [0.15, 0.2) is 60.7 Å². The molecular weight excluding hydrogens is 316 g/mol. The first-order chi connectivity index (χ1) is 12.1. The van der Waals surface area contributed by atoms with Crippen LogP contribution >= 0.6 is 0 Å². The van der Waals surface area contributed by atoms with Gasteiger partial charge in [-0.1, -0.05) is 30.8 Å². The van der Waals surface area contributed by atoms with E-state index in [1.807, 2.05) is 55.5 Å². The third-order valence-corrected chi connectivity index (χ3v) is 3.41. The molecule has 0 aliphatic carbocycles. The smallest absolute Gasteiger partial charge is 0.238 e. The highest BCUT2D eigenvalue weighted by atomic mass is 16.5. The summed E-state index contributed by atoms with van der Waals surface area (Å²) in [5.41, 5.74) is 2.65. The summed E-state index contributed by atoms with van der Waals surface area (Å²) in [7, 11) is 1.63. The molecule has 0 bridgehead atoms. The van der Waals surface area contributed by atoms with E-state index in [9.17, 15) is 4.79 Å². The molecule has 2 N–H and O–H groups in total. The molecule has 2 aromatic carbocycles. The number of hydrogen-bond donors (Lipinski definition) is 2. The Labute approximate surface area is 148 Å². The molecule has 0 aliphatic heterocycles. The normalized spacial score (nSPS) is 10.2. The van der Waals surface area contributed by atoms with Gasteiger partial charge in [-0.15, -0.1) is 0 Å². The number of benzene rings is 2. The highest BCUT2D eigenvalue weighted by Crippen LogP contribution is 2.24. The van der Waals surface area contributed by atoms with Crippen molar-refractivity contribution < 1.29 is 14.3 Å². The van der Waals surface area contributed by atoms with Crippen molar-refractivity contribution in [3.8, 4) is 11.5 Å². The first-order valence-corrected chi connectivity index (χ1v) is 8.08. The average Bonchev–Trinajstić information content (AvgIpc) is 2.61. The summed E-state index contributed by atoms with van der Waals surface area (Å²) < 4.78 is 10.8. The van der Waals surface area contributed by atoms with Gasteiger partial charge in [-0.2, -0.15) is 0 Å². The van der Waals surface area contributed by atoms with Crippen molar-refractivity contribution in [1.29, 1.82) is 0 Å². The van der Waals surface area contributed by atoms with E-state index in [1.54, 1.807) is 7.11 Å². The Morgan fingerprint density at radius 3 is 2.52 bits per heavy atom. The third-order valence-electron chi connectivity index (χ3n) is 3.41. The Kier molecular flexibility index (Phi) is 7.04. The zero-order valence-corrected chi connectivity index (χ0v) is 14.7. The van der Waals surface area contributed by atoms with Crippen LogP contribution in [-0.4, -0.2) is 26.2 Å². The minimum atomic E-state index is -0.125. The van der Waals surface area contributed by atoms with Crippen molar-refractivity contribution in [2.75, 3.05) is 25.6 Å². The van der Waals surface area contributed by atoms with Crippen LogP contribution in [0.25, 0.3) is 0 Å². The topological polar surface area (TPSA) is 59.6 Å². The van der Waals surface area contributed by atoms with Gasteiger partial charge in [-0.05, 0) is 42.3 Å². The molecule has 0 heterocycles. The van der Waals surface area contributed by atoms with Gasteiger partial charge in [0.05, 0.1) is 19.3 Å². The van der Waals surface area contributed by atoms with E-state index in [0.29, 0.717) is 24.6 Å². The van der Waals surface area contributed by atoms with E-state index < -0.39 is 0 Å². The minimum Gasteiger partial charge on any atom is -0.497 e. The predicted molar refractivity (Wildman–Crippen MR) is 100 cm³/mol.